The summed E-state index contributed by atoms with van der Waals surface area (Å²) in [4.78, 5) is 37.0. The van der Waals surface area contributed by atoms with Crippen LogP contribution in [0.2, 0.25) is 0 Å². The number of carbonyl (C=O) groups is 1. The summed E-state index contributed by atoms with van der Waals surface area (Å²) < 4.78 is 12.9. The molecular weight excluding hydrogens is 303 g/mol. The highest BCUT2D eigenvalue weighted by atomic mass is 19.1. The molecule has 2 aromatic rings. The van der Waals surface area contributed by atoms with Crippen molar-refractivity contribution in [3.8, 4) is 11.1 Å². The first-order chi connectivity index (χ1) is 11.0. The van der Waals surface area contributed by atoms with Gasteiger partial charge in [0.05, 0.1) is 12.2 Å². The van der Waals surface area contributed by atoms with Gasteiger partial charge in [-0.2, -0.15) is 0 Å². The molecule has 0 saturated carbocycles. The second-order valence-electron chi connectivity index (χ2n) is 4.53. The highest BCUT2D eigenvalue weighted by Crippen LogP contribution is 2.26. The molecule has 116 valence electrons. The molecule has 8 heteroatoms. The van der Waals surface area contributed by atoms with E-state index < -0.39 is 11.7 Å². The minimum absolute atomic E-state index is 0.0677. The van der Waals surface area contributed by atoms with Gasteiger partial charge in [-0.1, -0.05) is 18.7 Å². The molecule has 0 aliphatic carbocycles. The molecule has 1 amide bonds. The van der Waals surface area contributed by atoms with Crippen LogP contribution < -0.4 is 5.32 Å². The molecular formula is C15H11FN4O3. The van der Waals surface area contributed by atoms with Gasteiger partial charge in [0.1, 0.15) is 11.5 Å². The summed E-state index contributed by atoms with van der Waals surface area (Å²) >= 11 is 0. The molecule has 0 unspecified atom stereocenters. The average molecular weight is 314 g/mol. The maximum atomic E-state index is 12.9. The Morgan fingerprint density at radius 3 is 2.52 bits per heavy atom. The standard InChI is InChI=1S/C15H11FN4O3/c1-9(19-22)7-18-15(21)14-13(20-23)6-11(8-17-14)10-2-4-12(16)5-3-10/h2-6,8H,1,7H2,(H,18,21). The number of amides is 1. The number of rotatable bonds is 6. The predicted octanol–water partition coefficient (Wildman–Crippen LogP) is 3.30. The van der Waals surface area contributed by atoms with Gasteiger partial charge >= 0.3 is 0 Å². The van der Waals surface area contributed by atoms with Gasteiger partial charge in [0, 0.05) is 11.8 Å². The van der Waals surface area contributed by atoms with Gasteiger partial charge in [-0.3, -0.25) is 4.79 Å². The first-order valence-corrected chi connectivity index (χ1v) is 6.44. The van der Waals surface area contributed by atoms with Crippen molar-refractivity contribution in [2.75, 3.05) is 6.54 Å². The number of halogens is 1. The van der Waals surface area contributed by atoms with Gasteiger partial charge in [0.15, 0.2) is 5.69 Å². The van der Waals surface area contributed by atoms with E-state index in [0.717, 1.165) is 0 Å². The van der Waals surface area contributed by atoms with Gasteiger partial charge in [0.2, 0.25) is 0 Å². The number of benzene rings is 1. The second kappa shape index (κ2) is 7.12. The highest BCUT2D eigenvalue weighted by Gasteiger charge is 2.15. The molecule has 7 nitrogen and oxygen atoms in total. The van der Waals surface area contributed by atoms with Crippen molar-refractivity contribution in [1.29, 1.82) is 0 Å². The molecule has 1 aromatic heterocycles. The molecule has 0 bridgehead atoms. The smallest absolute Gasteiger partial charge is 0.272 e. The average Bonchev–Trinajstić information content (AvgIpc) is 2.59. The summed E-state index contributed by atoms with van der Waals surface area (Å²) in [7, 11) is 0. The summed E-state index contributed by atoms with van der Waals surface area (Å²) in [5.41, 5.74) is 0.699. The minimum atomic E-state index is -0.685. The fourth-order valence-electron chi connectivity index (χ4n) is 1.80. The lowest BCUT2D eigenvalue weighted by Crippen LogP contribution is -2.26. The van der Waals surface area contributed by atoms with Crippen LogP contribution in [-0.2, 0) is 0 Å². The lowest BCUT2D eigenvalue weighted by molar-refractivity contribution is 0.0953. The van der Waals surface area contributed by atoms with Crippen LogP contribution in [0.5, 0.6) is 0 Å². The number of nitrogens with zero attached hydrogens (tertiary/aromatic N) is 3. The summed E-state index contributed by atoms with van der Waals surface area (Å²) in [5.74, 6) is -1.08. The number of aromatic nitrogens is 1. The fourth-order valence-corrected chi connectivity index (χ4v) is 1.80. The van der Waals surface area contributed by atoms with Crippen LogP contribution in [0.4, 0.5) is 10.1 Å². The van der Waals surface area contributed by atoms with Crippen molar-refractivity contribution in [1.82, 2.24) is 10.3 Å². The molecule has 0 aliphatic rings. The molecule has 1 heterocycles. The van der Waals surface area contributed by atoms with E-state index in [-0.39, 0.29) is 23.6 Å². The minimum Gasteiger partial charge on any atom is -0.345 e. The Balaban J connectivity index is 2.27. The van der Waals surface area contributed by atoms with E-state index in [1.54, 1.807) is 0 Å². The van der Waals surface area contributed by atoms with Crippen LogP contribution in [0, 0.1) is 15.6 Å². The van der Waals surface area contributed by atoms with E-state index in [9.17, 15) is 19.0 Å². The summed E-state index contributed by atoms with van der Waals surface area (Å²) in [6.07, 6.45) is 1.36. The molecule has 0 aliphatic heterocycles. The van der Waals surface area contributed by atoms with Crippen molar-refractivity contribution in [2.24, 2.45) is 10.4 Å². The van der Waals surface area contributed by atoms with Gasteiger partial charge in [0.25, 0.3) is 5.91 Å². The Morgan fingerprint density at radius 1 is 1.22 bits per heavy atom. The van der Waals surface area contributed by atoms with Gasteiger partial charge in [-0.15, -0.1) is 9.81 Å². The van der Waals surface area contributed by atoms with Gasteiger partial charge < -0.3 is 5.32 Å². The van der Waals surface area contributed by atoms with Crippen LogP contribution >= 0.6 is 0 Å². The van der Waals surface area contributed by atoms with Crippen LogP contribution in [0.1, 0.15) is 10.5 Å². The van der Waals surface area contributed by atoms with Crippen molar-refractivity contribution in [3.63, 3.8) is 0 Å². The second-order valence-corrected chi connectivity index (χ2v) is 4.53. The first kappa shape index (κ1) is 16.1. The Kier molecular flexibility index (Phi) is 4.98. The van der Waals surface area contributed by atoms with E-state index >= 15 is 0 Å². The molecule has 1 aromatic carbocycles. The molecule has 2 rings (SSSR count). The Hall–Kier alpha value is -3.29. The molecule has 0 fully saturated rings. The van der Waals surface area contributed by atoms with Crippen molar-refractivity contribution in [2.45, 2.75) is 0 Å². The Morgan fingerprint density at radius 2 is 1.91 bits per heavy atom. The largest absolute Gasteiger partial charge is 0.345 e. The van der Waals surface area contributed by atoms with Gasteiger partial charge in [-0.25, -0.2) is 9.37 Å². The number of nitrogens with one attached hydrogen (secondary N) is 1. The molecule has 23 heavy (non-hydrogen) atoms. The normalized spacial score (nSPS) is 9.96. The molecule has 0 radical (unpaired) electrons. The van der Waals surface area contributed by atoms with Crippen LogP contribution in [0.3, 0.4) is 0 Å². The number of nitroso groups, excluding NO2 is 2. The number of hydrogen-bond donors (Lipinski definition) is 1. The third-order valence-corrected chi connectivity index (χ3v) is 2.94. The molecule has 1 N–H and O–H groups in total. The predicted molar refractivity (Wildman–Crippen MR) is 82.4 cm³/mol. The van der Waals surface area contributed by atoms with E-state index in [2.05, 4.69) is 27.2 Å². The molecule has 0 spiro atoms. The zero-order valence-corrected chi connectivity index (χ0v) is 11.8. The number of hydrogen-bond acceptors (Lipinski definition) is 6. The van der Waals surface area contributed by atoms with Crippen molar-refractivity contribution < 1.29 is 9.18 Å². The van der Waals surface area contributed by atoms with Crippen LogP contribution in [0.15, 0.2) is 59.2 Å². The van der Waals surface area contributed by atoms with Crippen LogP contribution in [0.25, 0.3) is 11.1 Å². The maximum Gasteiger partial charge on any atom is 0.272 e. The summed E-state index contributed by atoms with van der Waals surface area (Å²) in [6.45, 7) is 3.15. The number of pyridine rings is 1. The lowest BCUT2D eigenvalue weighted by atomic mass is 10.1. The third-order valence-electron chi connectivity index (χ3n) is 2.94. The van der Waals surface area contributed by atoms with E-state index in [4.69, 9.17) is 0 Å². The SMILES string of the molecule is C=C(CNC(=O)c1ncc(-c2ccc(F)cc2)cc1N=O)N=O. The summed E-state index contributed by atoms with van der Waals surface area (Å²) in [6, 6.07) is 6.93. The zero-order chi connectivity index (χ0) is 16.8. The zero-order valence-electron chi connectivity index (χ0n) is 11.8. The topological polar surface area (TPSA) is 101 Å². The van der Waals surface area contributed by atoms with E-state index in [1.807, 2.05) is 0 Å². The Labute approximate surface area is 130 Å². The van der Waals surface area contributed by atoms with Gasteiger partial charge in [-0.05, 0) is 34.1 Å². The summed E-state index contributed by atoms with van der Waals surface area (Å²) in [5, 5.41) is 7.70. The third kappa shape index (κ3) is 3.88. The maximum absolute atomic E-state index is 12.9. The quantitative estimate of drug-likeness (QED) is 0.826. The van der Waals surface area contributed by atoms with Crippen molar-refractivity contribution >= 4 is 11.6 Å². The van der Waals surface area contributed by atoms with E-state index in [0.29, 0.717) is 11.1 Å². The first-order valence-electron chi connectivity index (χ1n) is 6.44. The lowest BCUT2D eigenvalue weighted by Gasteiger charge is -2.07. The monoisotopic (exact) mass is 314 g/mol. The van der Waals surface area contributed by atoms with Crippen LogP contribution in [-0.4, -0.2) is 17.4 Å². The van der Waals surface area contributed by atoms with E-state index in [1.165, 1.54) is 36.5 Å². The number of carbonyl (C=O) groups excluding carboxylic acids is 1. The molecule has 0 saturated heterocycles. The Bertz CT molecular complexity index is 775. The highest BCUT2D eigenvalue weighted by molar-refractivity contribution is 5.97. The van der Waals surface area contributed by atoms with Crippen molar-refractivity contribution in [3.05, 3.63) is 70.1 Å². The molecule has 0 atom stereocenters. The fraction of sp³-hybridized carbons (Fsp3) is 0.0667.